The standard InChI is InChI=1S/C22H18F3N5OS/c23-22(24,25)14-2-1-3-15(8-14)28-21(31)18-13-32-19-12-29(6-4-17(18)19)11-16-9-27-20-10-26-5-7-30(16)20/h1-3,5,7-10,13H,4,6,11-12H2,(H,28,31). The number of hydrogen-bond acceptors (Lipinski definition) is 5. The summed E-state index contributed by atoms with van der Waals surface area (Å²) >= 11 is 1.50. The van der Waals surface area contributed by atoms with Crippen LogP contribution in [0.15, 0.2) is 54.4 Å². The zero-order valence-corrected chi connectivity index (χ0v) is 17.6. The van der Waals surface area contributed by atoms with Gasteiger partial charge in [0.25, 0.3) is 5.91 Å². The average Bonchev–Trinajstić information content (AvgIpc) is 3.38. The van der Waals surface area contributed by atoms with Gasteiger partial charge in [0.15, 0.2) is 5.65 Å². The van der Waals surface area contributed by atoms with Gasteiger partial charge in [0.05, 0.1) is 29.2 Å². The van der Waals surface area contributed by atoms with Gasteiger partial charge in [0.1, 0.15) is 0 Å². The van der Waals surface area contributed by atoms with Crippen molar-refractivity contribution in [3.8, 4) is 0 Å². The van der Waals surface area contributed by atoms with Crippen molar-refractivity contribution < 1.29 is 18.0 Å². The lowest BCUT2D eigenvalue weighted by Gasteiger charge is -2.27. The Balaban J connectivity index is 1.29. The van der Waals surface area contributed by atoms with Gasteiger partial charge in [0.2, 0.25) is 0 Å². The van der Waals surface area contributed by atoms with E-state index in [1.54, 1.807) is 17.8 Å². The molecular formula is C22H18F3N5OS. The van der Waals surface area contributed by atoms with E-state index in [0.29, 0.717) is 25.1 Å². The maximum absolute atomic E-state index is 12.9. The Morgan fingerprint density at radius 2 is 2.12 bits per heavy atom. The number of imidazole rings is 1. The van der Waals surface area contributed by atoms with Crippen molar-refractivity contribution in [3.05, 3.63) is 81.7 Å². The minimum atomic E-state index is -4.46. The van der Waals surface area contributed by atoms with Crippen LogP contribution in [0.4, 0.5) is 18.9 Å². The van der Waals surface area contributed by atoms with E-state index in [1.165, 1.54) is 23.5 Å². The number of halogens is 3. The second-order valence-electron chi connectivity index (χ2n) is 7.60. The number of aromatic nitrogens is 3. The molecule has 0 fully saturated rings. The highest BCUT2D eigenvalue weighted by Crippen LogP contribution is 2.32. The summed E-state index contributed by atoms with van der Waals surface area (Å²) in [7, 11) is 0. The molecule has 0 saturated carbocycles. The number of alkyl halides is 3. The normalized spacial score (nSPS) is 14.5. The number of hydrogen-bond donors (Lipinski definition) is 1. The van der Waals surface area contributed by atoms with E-state index in [1.807, 2.05) is 16.8 Å². The van der Waals surface area contributed by atoms with E-state index in [4.69, 9.17) is 0 Å². The molecular weight excluding hydrogens is 439 g/mol. The van der Waals surface area contributed by atoms with Crippen LogP contribution in [0.3, 0.4) is 0 Å². The summed E-state index contributed by atoms with van der Waals surface area (Å²) in [5.74, 6) is -0.385. The molecule has 0 unspecified atom stereocenters. The van der Waals surface area contributed by atoms with E-state index in [9.17, 15) is 18.0 Å². The van der Waals surface area contributed by atoms with Gasteiger partial charge in [-0.2, -0.15) is 13.2 Å². The van der Waals surface area contributed by atoms with Gasteiger partial charge >= 0.3 is 6.18 Å². The number of carbonyl (C=O) groups excluding carboxylic acids is 1. The number of nitrogens with zero attached hydrogens (tertiary/aromatic N) is 4. The second-order valence-corrected chi connectivity index (χ2v) is 8.56. The molecule has 1 aromatic carbocycles. The molecule has 164 valence electrons. The molecule has 1 aliphatic heterocycles. The van der Waals surface area contributed by atoms with Crippen LogP contribution in [0.1, 0.15) is 32.1 Å². The van der Waals surface area contributed by atoms with Crippen molar-refractivity contribution in [2.75, 3.05) is 11.9 Å². The number of carbonyl (C=O) groups is 1. The number of amides is 1. The van der Waals surface area contributed by atoms with Crippen molar-refractivity contribution in [3.63, 3.8) is 0 Å². The first-order valence-electron chi connectivity index (χ1n) is 9.94. The van der Waals surface area contributed by atoms with Crippen LogP contribution in [-0.2, 0) is 25.7 Å². The highest BCUT2D eigenvalue weighted by Gasteiger charge is 2.31. The quantitative estimate of drug-likeness (QED) is 0.486. The summed E-state index contributed by atoms with van der Waals surface area (Å²) in [5.41, 5.74) is 2.70. The van der Waals surface area contributed by atoms with E-state index in [2.05, 4.69) is 20.2 Å². The van der Waals surface area contributed by atoms with Crippen molar-refractivity contribution >= 4 is 28.6 Å². The molecule has 5 rings (SSSR count). The Bertz CT molecular complexity index is 1300. The minimum Gasteiger partial charge on any atom is -0.322 e. The zero-order valence-electron chi connectivity index (χ0n) is 16.8. The minimum absolute atomic E-state index is 0.129. The fraction of sp³-hybridized carbons (Fsp3) is 0.227. The van der Waals surface area contributed by atoms with Gasteiger partial charge in [-0.1, -0.05) is 6.07 Å². The zero-order chi connectivity index (χ0) is 22.3. The molecule has 1 aliphatic rings. The lowest BCUT2D eigenvalue weighted by molar-refractivity contribution is -0.137. The molecule has 3 aromatic heterocycles. The van der Waals surface area contributed by atoms with E-state index in [0.717, 1.165) is 40.5 Å². The molecule has 4 heterocycles. The number of thiophene rings is 1. The molecule has 0 spiro atoms. The summed E-state index contributed by atoms with van der Waals surface area (Å²) in [6.07, 6.45) is 3.41. The molecule has 0 atom stereocenters. The lowest BCUT2D eigenvalue weighted by Crippen LogP contribution is -2.30. The highest BCUT2D eigenvalue weighted by atomic mass is 32.1. The fourth-order valence-electron chi connectivity index (χ4n) is 3.92. The third kappa shape index (κ3) is 3.98. The fourth-order valence-corrected chi connectivity index (χ4v) is 5.04. The van der Waals surface area contributed by atoms with E-state index >= 15 is 0 Å². The predicted octanol–water partition coefficient (Wildman–Crippen LogP) is 4.62. The van der Waals surface area contributed by atoms with E-state index in [-0.39, 0.29) is 11.6 Å². The highest BCUT2D eigenvalue weighted by molar-refractivity contribution is 7.10. The van der Waals surface area contributed by atoms with Crippen LogP contribution in [0, 0.1) is 0 Å². The molecule has 0 aliphatic carbocycles. The van der Waals surface area contributed by atoms with E-state index < -0.39 is 11.7 Å². The lowest BCUT2D eigenvalue weighted by atomic mass is 10.0. The number of benzene rings is 1. The first-order valence-corrected chi connectivity index (χ1v) is 10.8. The van der Waals surface area contributed by atoms with Gasteiger partial charge in [-0.15, -0.1) is 11.3 Å². The molecule has 10 heteroatoms. The van der Waals surface area contributed by atoms with Gasteiger partial charge in [0, 0.05) is 48.0 Å². The van der Waals surface area contributed by atoms with Crippen LogP contribution in [-0.4, -0.2) is 31.7 Å². The van der Waals surface area contributed by atoms with Gasteiger partial charge < -0.3 is 5.32 Å². The third-order valence-corrected chi connectivity index (χ3v) is 6.51. The number of fused-ring (bicyclic) bond motifs is 2. The summed E-state index contributed by atoms with van der Waals surface area (Å²) in [6, 6.07) is 4.68. The molecule has 4 aromatic rings. The molecule has 0 bridgehead atoms. The third-order valence-electron chi connectivity index (χ3n) is 5.50. The smallest absolute Gasteiger partial charge is 0.322 e. The molecule has 6 nitrogen and oxygen atoms in total. The second kappa shape index (κ2) is 8.03. The maximum atomic E-state index is 12.9. The van der Waals surface area contributed by atoms with Crippen molar-refractivity contribution in [2.24, 2.45) is 0 Å². The number of anilines is 1. The molecule has 1 N–H and O–H groups in total. The number of rotatable bonds is 4. The molecule has 0 radical (unpaired) electrons. The maximum Gasteiger partial charge on any atom is 0.416 e. The molecule has 1 amide bonds. The SMILES string of the molecule is O=C(Nc1cccc(C(F)(F)F)c1)c1csc2c1CCN(Cc1cnc3cnccn13)C2. The Morgan fingerprint density at radius 1 is 1.25 bits per heavy atom. The Kier molecular flexibility index (Phi) is 5.18. The summed E-state index contributed by atoms with van der Waals surface area (Å²) in [6.45, 7) is 2.19. The Hall–Kier alpha value is -3.24. The summed E-state index contributed by atoms with van der Waals surface area (Å²) in [5, 5.41) is 4.40. The van der Waals surface area contributed by atoms with Crippen LogP contribution in [0.5, 0.6) is 0 Å². The monoisotopic (exact) mass is 457 g/mol. The first kappa shape index (κ1) is 20.7. The average molecular weight is 457 g/mol. The van der Waals surface area contributed by atoms with Gasteiger partial charge in [-0.25, -0.2) is 4.98 Å². The largest absolute Gasteiger partial charge is 0.416 e. The summed E-state index contributed by atoms with van der Waals surface area (Å²) in [4.78, 5) is 24.6. The van der Waals surface area contributed by atoms with Crippen LogP contribution >= 0.6 is 11.3 Å². The van der Waals surface area contributed by atoms with Crippen molar-refractivity contribution in [1.29, 1.82) is 0 Å². The van der Waals surface area contributed by atoms with Crippen LogP contribution < -0.4 is 5.32 Å². The van der Waals surface area contributed by atoms with Crippen molar-refractivity contribution in [2.45, 2.75) is 25.7 Å². The Morgan fingerprint density at radius 3 is 2.97 bits per heavy atom. The Labute approximate surface area is 185 Å². The molecule has 0 saturated heterocycles. The molecule has 32 heavy (non-hydrogen) atoms. The predicted molar refractivity (Wildman–Crippen MR) is 115 cm³/mol. The first-order chi connectivity index (χ1) is 15.4. The van der Waals surface area contributed by atoms with Crippen LogP contribution in [0.2, 0.25) is 0 Å². The number of nitrogens with one attached hydrogen (secondary N) is 1. The van der Waals surface area contributed by atoms with Crippen molar-refractivity contribution in [1.82, 2.24) is 19.3 Å². The summed E-state index contributed by atoms with van der Waals surface area (Å²) < 4.78 is 40.8. The van der Waals surface area contributed by atoms with Gasteiger partial charge in [-0.05, 0) is 30.2 Å². The topological polar surface area (TPSA) is 62.5 Å². The van der Waals surface area contributed by atoms with Crippen LogP contribution in [0.25, 0.3) is 5.65 Å². The van der Waals surface area contributed by atoms with Gasteiger partial charge in [-0.3, -0.25) is 19.1 Å².